The molecule has 0 spiro atoms. The Morgan fingerprint density at radius 2 is 1.52 bits per heavy atom. The fraction of sp³-hybridized carbons (Fsp3) is 0.294. The Kier molecular flexibility index (Phi) is 5.06. The van der Waals surface area contributed by atoms with Gasteiger partial charge in [-0.25, -0.2) is 0 Å². The van der Waals surface area contributed by atoms with Crippen LogP contribution in [0.5, 0.6) is 17.2 Å². The van der Waals surface area contributed by atoms with Crippen molar-refractivity contribution in [3.05, 3.63) is 42.0 Å². The summed E-state index contributed by atoms with van der Waals surface area (Å²) in [6, 6.07) is 12.2. The van der Waals surface area contributed by atoms with E-state index in [1.165, 1.54) is 5.56 Å². The van der Waals surface area contributed by atoms with Gasteiger partial charge in [0.1, 0.15) is 0 Å². The minimum Gasteiger partial charge on any atom is -0.493 e. The first kappa shape index (κ1) is 15.2. The van der Waals surface area contributed by atoms with E-state index in [2.05, 4.69) is 18.2 Å². The number of ether oxygens (including phenoxy) is 3. The Bertz CT molecular complexity index is 586. The fourth-order valence-corrected chi connectivity index (χ4v) is 2.32. The van der Waals surface area contributed by atoms with Gasteiger partial charge in [0.15, 0.2) is 11.5 Å². The second kappa shape index (κ2) is 6.99. The zero-order valence-electron chi connectivity index (χ0n) is 12.7. The van der Waals surface area contributed by atoms with E-state index in [1.54, 1.807) is 21.3 Å². The number of benzene rings is 2. The molecule has 0 aliphatic heterocycles. The van der Waals surface area contributed by atoms with Gasteiger partial charge in [-0.15, -0.1) is 0 Å². The molecule has 2 aromatic rings. The second-order valence-corrected chi connectivity index (χ2v) is 4.65. The molecule has 0 aliphatic carbocycles. The first-order chi connectivity index (χ1) is 10.2. The number of hydrogen-bond acceptors (Lipinski definition) is 4. The van der Waals surface area contributed by atoms with Crippen molar-refractivity contribution in [1.29, 1.82) is 0 Å². The topological polar surface area (TPSA) is 53.7 Å². The third-order valence-electron chi connectivity index (χ3n) is 3.36. The second-order valence-electron chi connectivity index (χ2n) is 4.65. The molecule has 0 amide bonds. The van der Waals surface area contributed by atoms with Crippen molar-refractivity contribution in [3.8, 4) is 28.4 Å². The summed E-state index contributed by atoms with van der Waals surface area (Å²) in [4.78, 5) is 0. The summed E-state index contributed by atoms with van der Waals surface area (Å²) >= 11 is 0. The SMILES string of the molecule is COc1cc(-c2cccc(CCN)c2)cc(OC)c1OC. The Balaban J connectivity index is 2.50. The summed E-state index contributed by atoms with van der Waals surface area (Å²) in [6.45, 7) is 0.638. The summed E-state index contributed by atoms with van der Waals surface area (Å²) < 4.78 is 16.1. The van der Waals surface area contributed by atoms with Crippen molar-refractivity contribution in [3.63, 3.8) is 0 Å². The average Bonchev–Trinajstić information content (AvgIpc) is 2.54. The van der Waals surface area contributed by atoms with Crippen LogP contribution in [0, 0.1) is 0 Å². The standard InChI is InChI=1S/C17H21NO3/c1-19-15-10-14(11-16(20-2)17(15)21-3)13-6-4-5-12(9-13)7-8-18/h4-6,9-11H,7-8,18H2,1-3H3. The molecule has 0 atom stereocenters. The average molecular weight is 287 g/mol. The maximum atomic E-state index is 5.62. The van der Waals surface area contributed by atoms with Gasteiger partial charge < -0.3 is 19.9 Å². The molecule has 0 bridgehead atoms. The molecule has 0 fully saturated rings. The molecule has 4 nitrogen and oxygen atoms in total. The van der Waals surface area contributed by atoms with Crippen molar-refractivity contribution in [1.82, 2.24) is 0 Å². The molecular weight excluding hydrogens is 266 g/mol. The zero-order valence-corrected chi connectivity index (χ0v) is 12.7. The molecule has 2 aromatic carbocycles. The van der Waals surface area contributed by atoms with E-state index < -0.39 is 0 Å². The van der Waals surface area contributed by atoms with Gasteiger partial charge in [-0.05, 0) is 41.8 Å². The van der Waals surface area contributed by atoms with Crippen LogP contribution >= 0.6 is 0 Å². The Morgan fingerprint density at radius 3 is 2.05 bits per heavy atom. The van der Waals surface area contributed by atoms with Gasteiger partial charge in [-0.2, -0.15) is 0 Å². The molecule has 0 unspecified atom stereocenters. The lowest BCUT2D eigenvalue weighted by Gasteiger charge is -2.14. The summed E-state index contributed by atoms with van der Waals surface area (Å²) in [5, 5.41) is 0. The van der Waals surface area contributed by atoms with Crippen LogP contribution in [0.4, 0.5) is 0 Å². The molecular formula is C17H21NO3. The number of hydrogen-bond donors (Lipinski definition) is 1. The quantitative estimate of drug-likeness (QED) is 0.887. The van der Waals surface area contributed by atoms with Crippen LogP contribution in [0.25, 0.3) is 11.1 Å². The Hall–Kier alpha value is -2.20. The summed E-state index contributed by atoms with van der Waals surface area (Å²) in [6.07, 6.45) is 0.859. The van der Waals surface area contributed by atoms with Crippen LogP contribution in [-0.2, 0) is 6.42 Å². The Labute approximate surface area is 125 Å². The molecule has 21 heavy (non-hydrogen) atoms. The molecule has 0 aromatic heterocycles. The predicted molar refractivity (Wildman–Crippen MR) is 84.3 cm³/mol. The lowest BCUT2D eigenvalue weighted by Crippen LogP contribution is -2.02. The lowest BCUT2D eigenvalue weighted by molar-refractivity contribution is 0.324. The molecule has 0 radical (unpaired) electrons. The third-order valence-corrected chi connectivity index (χ3v) is 3.36. The van der Waals surface area contributed by atoms with E-state index in [-0.39, 0.29) is 0 Å². The molecule has 0 aliphatic rings. The van der Waals surface area contributed by atoms with Gasteiger partial charge in [-0.1, -0.05) is 24.3 Å². The minimum atomic E-state index is 0.599. The Morgan fingerprint density at radius 1 is 0.857 bits per heavy atom. The molecule has 2 N–H and O–H groups in total. The van der Waals surface area contributed by atoms with Gasteiger partial charge in [0.05, 0.1) is 21.3 Å². The highest BCUT2D eigenvalue weighted by atomic mass is 16.5. The largest absolute Gasteiger partial charge is 0.493 e. The van der Waals surface area contributed by atoms with Gasteiger partial charge in [0.2, 0.25) is 5.75 Å². The van der Waals surface area contributed by atoms with Gasteiger partial charge in [0.25, 0.3) is 0 Å². The highest BCUT2D eigenvalue weighted by Gasteiger charge is 2.14. The first-order valence-electron chi connectivity index (χ1n) is 6.82. The maximum Gasteiger partial charge on any atom is 0.203 e. The molecule has 112 valence electrons. The lowest BCUT2D eigenvalue weighted by atomic mass is 10.0. The zero-order chi connectivity index (χ0) is 15.2. The smallest absolute Gasteiger partial charge is 0.203 e. The highest BCUT2D eigenvalue weighted by molar-refractivity contribution is 5.71. The van der Waals surface area contributed by atoms with E-state index >= 15 is 0 Å². The van der Waals surface area contributed by atoms with Crippen molar-refractivity contribution >= 4 is 0 Å². The predicted octanol–water partition coefficient (Wildman–Crippen LogP) is 2.88. The van der Waals surface area contributed by atoms with Crippen molar-refractivity contribution in [2.24, 2.45) is 5.73 Å². The van der Waals surface area contributed by atoms with Crippen LogP contribution in [0.1, 0.15) is 5.56 Å². The first-order valence-corrected chi connectivity index (χ1v) is 6.82. The number of nitrogens with two attached hydrogens (primary N) is 1. The highest BCUT2D eigenvalue weighted by Crippen LogP contribution is 2.41. The number of methoxy groups -OCH3 is 3. The molecule has 2 rings (SSSR count). The minimum absolute atomic E-state index is 0.599. The summed E-state index contributed by atoms with van der Waals surface area (Å²) in [5.41, 5.74) is 8.95. The number of rotatable bonds is 6. The monoisotopic (exact) mass is 287 g/mol. The van der Waals surface area contributed by atoms with Crippen LogP contribution in [0.15, 0.2) is 36.4 Å². The van der Waals surface area contributed by atoms with Crippen LogP contribution in [0.2, 0.25) is 0 Å². The normalized spacial score (nSPS) is 10.3. The van der Waals surface area contributed by atoms with Crippen molar-refractivity contribution < 1.29 is 14.2 Å². The van der Waals surface area contributed by atoms with Crippen LogP contribution < -0.4 is 19.9 Å². The van der Waals surface area contributed by atoms with E-state index in [0.717, 1.165) is 17.5 Å². The maximum absolute atomic E-state index is 5.62. The molecule has 0 saturated carbocycles. The molecule has 4 heteroatoms. The van der Waals surface area contributed by atoms with Crippen LogP contribution in [-0.4, -0.2) is 27.9 Å². The summed E-state index contributed by atoms with van der Waals surface area (Å²) in [7, 11) is 4.83. The fourth-order valence-electron chi connectivity index (χ4n) is 2.32. The van der Waals surface area contributed by atoms with Crippen molar-refractivity contribution in [2.75, 3.05) is 27.9 Å². The van der Waals surface area contributed by atoms with Crippen LogP contribution in [0.3, 0.4) is 0 Å². The van der Waals surface area contributed by atoms with Crippen molar-refractivity contribution in [2.45, 2.75) is 6.42 Å². The van der Waals surface area contributed by atoms with Gasteiger partial charge in [-0.3, -0.25) is 0 Å². The summed E-state index contributed by atoms with van der Waals surface area (Å²) in [5.74, 6) is 1.90. The molecule has 0 heterocycles. The third kappa shape index (κ3) is 3.28. The van der Waals surface area contributed by atoms with Gasteiger partial charge in [0, 0.05) is 0 Å². The van der Waals surface area contributed by atoms with Gasteiger partial charge >= 0.3 is 0 Å². The molecule has 0 saturated heterocycles. The van der Waals surface area contributed by atoms with E-state index in [0.29, 0.717) is 23.8 Å². The van der Waals surface area contributed by atoms with E-state index in [9.17, 15) is 0 Å². The van der Waals surface area contributed by atoms with E-state index in [1.807, 2.05) is 18.2 Å². The van der Waals surface area contributed by atoms with E-state index in [4.69, 9.17) is 19.9 Å².